The topological polar surface area (TPSA) is 95.9 Å². The van der Waals surface area contributed by atoms with Crippen LogP contribution in [0.15, 0.2) is 60.9 Å². The number of aromatic nitrogens is 4. The molecule has 0 aliphatic rings. The Morgan fingerprint density at radius 3 is 2.57 bits per heavy atom. The maximum absolute atomic E-state index is 11.7. The summed E-state index contributed by atoms with van der Waals surface area (Å²) < 4.78 is 7.26. The Hall–Kier alpha value is -3.74. The second kappa shape index (κ2) is 7.48. The lowest BCUT2D eigenvalue weighted by molar-refractivity contribution is -0.134. The second-order valence-corrected chi connectivity index (χ2v) is 6.27. The highest BCUT2D eigenvalue weighted by Gasteiger charge is 2.17. The molecule has 0 atom stereocenters. The van der Waals surface area contributed by atoms with Crippen LogP contribution in [-0.2, 0) is 4.79 Å². The number of nitrogens with two attached hydrogens (primary N) is 1. The van der Waals surface area contributed by atoms with E-state index in [4.69, 9.17) is 15.5 Å². The number of ether oxygens (including phenoxy) is 1. The lowest BCUT2D eigenvalue weighted by Gasteiger charge is -2.11. The van der Waals surface area contributed by atoms with E-state index in [1.54, 1.807) is 24.5 Å². The molecule has 0 aliphatic carbocycles. The Balaban J connectivity index is 1.81. The average Bonchev–Trinajstić information content (AvgIpc) is 3.08. The van der Waals surface area contributed by atoms with Gasteiger partial charge in [-0.3, -0.25) is 9.36 Å². The fourth-order valence-electron chi connectivity index (χ4n) is 2.99. The first-order chi connectivity index (χ1) is 13.7. The Morgan fingerprint density at radius 1 is 1.07 bits per heavy atom. The summed E-state index contributed by atoms with van der Waals surface area (Å²) in [6.07, 6.45) is 4.50. The number of nitrogens with zero attached hydrogens (tertiary/aromatic N) is 4. The van der Waals surface area contributed by atoms with E-state index in [1.807, 2.05) is 47.9 Å². The van der Waals surface area contributed by atoms with Crippen LogP contribution in [0.2, 0.25) is 0 Å². The van der Waals surface area contributed by atoms with E-state index in [-0.39, 0.29) is 5.97 Å². The lowest BCUT2D eigenvalue weighted by Crippen LogP contribution is -2.07. The maximum atomic E-state index is 11.7. The molecule has 1 aromatic carbocycles. The Kier molecular flexibility index (Phi) is 4.72. The van der Waals surface area contributed by atoms with Gasteiger partial charge in [0, 0.05) is 24.5 Å². The Morgan fingerprint density at radius 2 is 1.82 bits per heavy atom. The van der Waals surface area contributed by atoms with Crippen LogP contribution < -0.4 is 10.5 Å². The largest absolute Gasteiger partial charge is 0.427 e. The molecular weight excluding hydrogens is 354 g/mol. The van der Waals surface area contributed by atoms with Crippen LogP contribution in [0.25, 0.3) is 28.2 Å². The summed E-state index contributed by atoms with van der Waals surface area (Å²) in [5, 5.41) is 0. The summed E-state index contributed by atoms with van der Waals surface area (Å²) in [4.78, 5) is 25.1. The van der Waals surface area contributed by atoms with Gasteiger partial charge in [0.05, 0.1) is 5.56 Å². The van der Waals surface area contributed by atoms with Gasteiger partial charge in [0.25, 0.3) is 0 Å². The standard InChI is InChI=1S/C21H19N5O2/c1-2-5-18(27)28-15-10-8-14(9-11-15)26-20(16-6-3-12-23-19(16)22)25-17-7-4-13-24-21(17)26/h3-4,6-13H,2,5H2,1H3,(H2,22,23). The van der Waals surface area contributed by atoms with Crippen molar-refractivity contribution in [2.75, 3.05) is 5.73 Å². The number of benzene rings is 1. The van der Waals surface area contributed by atoms with Crippen LogP contribution in [0.1, 0.15) is 19.8 Å². The summed E-state index contributed by atoms with van der Waals surface area (Å²) in [5.41, 5.74) is 9.09. The summed E-state index contributed by atoms with van der Waals surface area (Å²) >= 11 is 0. The lowest BCUT2D eigenvalue weighted by atomic mass is 10.2. The number of anilines is 1. The molecule has 140 valence electrons. The van der Waals surface area contributed by atoms with Gasteiger partial charge in [-0.1, -0.05) is 6.92 Å². The number of esters is 1. The van der Waals surface area contributed by atoms with Crippen molar-refractivity contribution in [1.82, 2.24) is 19.5 Å². The van der Waals surface area contributed by atoms with Gasteiger partial charge in [0.2, 0.25) is 0 Å². The van der Waals surface area contributed by atoms with Crippen molar-refractivity contribution >= 4 is 23.0 Å². The number of carbonyl (C=O) groups is 1. The fraction of sp³-hybridized carbons (Fsp3) is 0.143. The molecule has 0 spiro atoms. The summed E-state index contributed by atoms with van der Waals surface area (Å²) in [7, 11) is 0. The quantitative estimate of drug-likeness (QED) is 0.422. The van der Waals surface area contributed by atoms with Crippen LogP contribution in [0.4, 0.5) is 5.82 Å². The molecule has 0 aliphatic heterocycles. The van der Waals surface area contributed by atoms with E-state index in [0.29, 0.717) is 29.5 Å². The maximum Gasteiger partial charge on any atom is 0.311 e. The molecule has 0 saturated heterocycles. The number of hydrogen-bond acceptors (Lipinski definition) is 6. The zero-order valence-corrected chi connectivity index (χ0v) is 15.4. The molecule has 7 nitrogen and oxygen atoms in total. The fourth-order valence-corrected chi connectivity index (χ4v) is 2.99. The average molecular weight is 373 g/mol. The normalized spacial score (nSPS) is 10.9. The molecule has 0 amide bonds. The van der Waals surface area contributed by atoms with Gasteiger partial charge in [-0.25, -0.2) is 15.0 Å². The van der Waals surface area contributed by atoms with E-state index in [1.165, 1.54) is 0 Å². The minimum atomic E-state index is -0.242. The third-order valence-corrected chi connectivity index (χ3v) is 4.28. The molecule has 0 saturated carbocycles. The van der Waals surface area contributed by atoms with Gasteiger partial charge in [-0.05, 0) is 55.0 Å². The first-order valence-electron chi connectivity index (χ1n) is 9.03. The van der Waals surface area contributed by atoms with Gasteiger partial charge in [-0.15, -0.1) is 0 Å². The molecule has 7 heteroatoms. The van der Waals surface area contributed by atoms with Crippen molar-refractivity contribution in [3.63, 3.8) is 0 Å². The Labute approximate surface area is 161 Å². The number of imidazole rings is 1. The first kappa shape index (κ1) is 17.7. The van der Waals surface area contributed by atoms with Crippen molar-refractivity contribution in [1.29, 1.82) is 0 Å². The van der Waals surface area contributed by atoms with Gasteiger partial charge in [-0.2, -0.15) is 0 Å². The number of pyridine rings is 2. The zero-order valence-electron chi connectivity index (χ0n) is 15.4. The van der Waals surface area contributed by atoms with Crippen LogP contribution in [-0.4, -0.2) is 25.5 Å². The van der Waals surface area contributed by atoms with E-state index in [9.17, 15) is 4.79 Å². The predicted molar refractivity (Wildman–Crippen MR) is 107 cm³/mol. The van der Waals surface area contributed by atoms with Crippen molar-refractivity contribution in [3.8, 4) is 22.8 Å². The van der Waals surface area contributed by atoms with Crippen molar-refractivity contribution < 1.29 is 9.53 Å². The molecule has 3 aromatic heterocycles. The Bertz CT molecular complexity index is 1140. The third-order valence-electron chi connectivity index (χ3n) is 4.28. The number of fused-ring (bicyclic) bond motifs is 1. The zero-order chi connectivity index (χ0) is 19.5. The summed E-state index contributed by atoms with van der Waals surface area (Å²) in [5.74, 6) is 1.30. The van der Waals surface area contributed by atoms with E-state index in [2.05, 4.69) is 9.97 Å². The van der Waals surface area contributed by atoms with Gasteiger partial charge in [0.15, 0.2) is 11.5 Å². The van der Waals surface area contributed by atoms with Crippen molar-refractivity contribution in [3.05, 3.63) is 60.9 Å². The molecule has 0 bridgehead atoms. The number of nitrogen functional groups attached to an aromatic ring is 1. The molecule has 0 unspecified atom stereocenters. The number of carbonyl (C=O) groups excluding carboxylic acids is 1. The van der Waals surface area contributed by atoms with Crippen LogP contribution in [0.3, 0.4) is 0 Å². The molecule has 28 heavy (non-hydrogen) atoms. The minimum Gasteiger partial charge on any atom is -0.427 e. The third kappa shape index (κ3) is 3.29. The van der Waals surface area contributed by atoms with Crippen molar-refractivity contribution in [2.24, 2.45) is 0 Å². The van der Waals surface area contributed by atoms with E-state index in [0.717, 1.165) is 23.2 Å². The summed E-state index contributed by atoms with van der Waals surface area (Å²) in [6, 6.07) is 14.7. The molecular formula is C21H19N5O2. The SMILES string of the molecule is CCCC(=O)Oc1ccc(-n2c(-c3cccnc3N)nc3cccnc32)cc1. The van der Waals surface area contributed by atoms with Crippen LogP contribution in [0.5, 0.6) is 5.75 Å². The first-order valence-corrected chi connectivity index (χ1v) is 9.03. The van der Waals surface area contributed by atoms with Gasteiger partial charge in [0.1, 0.15) is 17.1 Å². The van der Waals surface area contributed by atoms with E-state index >= 15 is 0 Å². The number of hydrogen-bond donors (Lipinski definition) is 1. The molecule has 2 N–H and O–H groups in total. The van der Waals surface area contributed by atoms with Gasteiger partial charge >= 0.3 is 5.97 Å². The van der Waals surface area contributed by atoms with Crippen molar-refractivity contribution in [2.45, 2.75) is 19.8 Å². The molecule has 4 aromatic rings. The molecule has 3 heterocycles. The summed E-state index contributed by atoms with van der Waals surface area (Å²) in [6.45, 7) is 1.94. The smallest absolute Gasteiger partial charge is 0.311 e. The monoisotopic (exact) mass is 373 g/mol. The highest BCUT2D eigenvalue weighted by molar-refractivity contribution is 5.82. The predicted octanol–water partition coefficient (Wildman–Crippen LogP) is 3.77. The molecule has 0 radical (unpaired) electrons. The minimum absolute atomic E-state index is 0.242. The van der Waals surface area contributed by atoms with E-state index < -0.39 is 0 Å². The van der Waals surface area contributed by atoms with Gasteiger partial charge < -0.3 is 10.5 Å². The highest BCUT2D eigenvalue weighted by atomic mass is 16.5. The molecule has 0 fully saturated rings. The van der Waals surface area contributed by atoms with Crippen LogP contribution in [0, 0.1) is 0 Å². The second-order valence-electron chi connectivity index (χ2n) is 6.27. The highest BCUT2D eigenvalue weighted by Crippen LogP contribution is 2.30. The molecule has 4 rings (SSSR count). The number of rotatable bonds is 5. The van der Waals surface area contributed by atoms with Crippen LogP contribution >= 0.6 is 0 Å².